The predicted octanol–water partition coefficient (Wildman–Crippen LogP) is 3.32. The van der Waals surface area contributed by atoms with Gasteiger partial charge in [-0.25, -0.2) is 4.79 Å². The minimum atomic E-state index is -1.27. The molecule has 0 aliphatic heterocycles. The Labute approximate surface area is 114 Å². The molecule has 4 nitrogen and oxygen atoms in total. The van der Waals surface area contributed by atoms with Crippen LogP contribution in [0.15, 0.2) is 42.5 Å². The first-order chi connectivity index (χ1) is 9.08. The second-order valence-corrected chi connectivity index (χ2v) is 4.31. The number of carboxylic acids is 1. The Bertz CT molecular complexity index is 596. The Kier molecular flexibility index (Phi) is 3.92. The van der Waals surface area contributed by atoms with E-state index >= 15 is 0 Å². The summed E-state index contributed by atoms with van der Waals surface area (Å²) in [6, 6.07) is 11.8. The van der Waals surface area contributed by atoms with Crippen LogP contribution in [0.3, 0.4) is 0 Å². The van der Waals surface area contributed by atoms with Crippen molar-refractivity contribution in [3.05, 3.63) is 58.6 Å². The van der Waals surface area contributed by atoms with E-state index < -0.39 is 11.7 Å². The molecule has 2 rings (SSSR count). The number of ether oxygens (including phenoxy) is 1. The van der Waals surface area contributed by atoms with Gasteiger partial charge >= 0.3 is 5.97 Å². The molecular weight excluding hydrogens is 268 g/mol. The number of carboxylic acid groups (broad SMARTS) is 1. The van der Waals surface area contributed by atoms with E-state index in [1.165, 1.54) is 12.1 Å². The van der Waals surface area contributed by atoms with Crippen LogP contribution >= 0.6 is 11.6 Å². The van der Waals surface area contributed by atoms with Crippen LogP contribution in [-0.2, 0) is 6.61 Å². The van der Waals surface area contributed by atoms with Crippen molar-refractivity contribution in [2.24, 2.45) is 0 Å². The third-order valence-electron chi connectivity index (χ3n) is 2.50. The maximum Gasteiger partial charge on any atom is 0.343 e. The minimum Gasteiger partial charge on any atom is -0.507 e. The number of hydrogen-bond donors (Lipinski definition) is 2. The number of aromatic carboxylic acids is 1. The lowest BCUT2D eigenvalue weighted by atomic mass is 10.1. The van der Waals surface area contributed by atoms with Crippen molar-refractivity contribution in [3.8, 4) is 11.5 Å². The van der Waals surface area contributed by atoms with Crippen molar-refractivity contribution < 1.29 is 19.7 Å². The van der Waals surface area contributed by atoms with Gasteiger partial charge in [0.05, 0.1) is 0 Å². The fourth-order valence-corrected chi connectivity index (χ4v) is 1.83. The summed E-state index contributed by atoms with van der Waals surface area (Å²) in [6.07, 6.45) is 0. The van der Waals surface area contributed by atoms with E-state index in [4.69, 9.17) is 21.4 Å². The lowest BCUT2D eigenvalue weighted by Gasteiger charge is -2.11. The van der Waals surface area contributed by atoms with Crippen LogP contribution in [0.4, 0.5) is 0 Å². The Morgan fingerprint density at radius 1 is 1.21 bits per heavy atom. The van der Waals surface area contributed by atoms with Crippen LogP contribution < -0.4 is 4.74 Å². The van der Waals surface area contributed by atoms with Gasteiger partial charge in [-0.3, -0.25) is 0 Å². The maximum absolute atomic E-state index is 11.1. The fraction of sp³-hybridized carbons (Fsp3) is 0.0714. The summed E-state index contributed by atoms with van der Waals surface area (Å²) in [6.45, 7) is 0.195. The molecule has 0 saturated carbocycles. The Hall–Kier alpha value is -2.20. The van der Waals surface area contributed by atoms with E-state index in [1.54, 1.807) is 0 Å². The van der Waals surface area contributed by atoms with Crippen LogP contribution in [-0.4, -0.2) is 16.2 Å². The Morgan fingerprint density at radius 2 is 1.89 bits per heavy atom. The van der Waals surface area contributed by atoms with Gasteiger partial charge in [-0.2, -0.15) is 0 Å². The maximum atomic E-state index is 11.1. The molecule has 0 radical (unpaired) electrons. The molecule has 0 aliphatic carbocycles. The van der Waals surface area contributed by atoms with Crippen LogP contribution in [0.1, 0.15) is 15.9 Å². The zero-order chi connectivity index (χ0) is 13.8. The SMILES string of the molecule is O=C(O)c1c(O)cc(Cl)cc1OCc1ccccc1. The fourth-order valence-electron chi connectivity index (χ4n) is 1.63. The van der Waals surface area contributed by atoms with Crippen molar-refractivity contribution in [2.45, 2.75) is 6.61 Å². The first-order valence-electron chi connectivity index (χ1n) is 5.50. The number of phenols is 1. The molecule has 0 unspecified atom stereocenters. The smallest absolute Gasteiger partial charge is 0.343 e. The zero-order valence-electron chi connectivity index (χ0n) is 9.84. The topological polar surface area (TPSA) is 66.8 Å². The quantitative estimate of drug-likeness (QED) is 0.900. The molecule has 2 N–H and O–H groups in total. The van der Waals surface area contributed by atoms with Crippen molar-refractivity contribution in [1.29, 1.82) is 0 Å². The molecule has 98 valence electrons. The van der Waals surface area contributed by atoms with E-state index in [-0.39, 0.29) is 22.9 Å². The van der Waals surface area contributed by atoms with E-state index in [9.17, 15) is 9.90 Å². The van der Waals surface area contributed by atoms with Gasteiger partial charge < -0.3 is 14.9 Å². The van der Waals surface area contributed by atoms with E-state index in [2.05, 4.69) is 0 Å². The zero-order valence-corrected chi connectivity index (χ0v) is 10.6. The molecule has 19 heavy (non-hydrogen) atoms. The van der Waals surface area contributed by atoms with Crippen molar-refractivity contribution in [1.82, 2.24) is 0 Å². The van der Waals surface area contributed by atoms with E-state index in [0.29, 0.717) is 0 Å². The first-order valence-corrected chi connectivity index (χ1v) is 5.88. The number of halogens is 1. The first kappa shape index (κ1) is 13.2. The van der Waals surface area contributed by atoms with E-state index in [1.807, 2.05) is 30.3 Å². The average molecular weight is 279 g/mol. The van der Waals surface area contributed by atoms with Crippen molar-refractivity contribution in [3.63, 3.8) is 0 Å². The molecule has 0 saturated heterocycles. The highest BCUT2D eigenvalue weighted by Crippen LogP contribution is 2.32. The molecule has 2 aromatic rings. The number of carbonyl (C=O) groups is 1. The van der Waals surface area contributed by atoms with Crippen LogP contribution in [0.25, 0.3) is 0 Å². The van der Waals surface area contributed by atoms with Crippen molar-refractivity contribution in [2.75, 3.05) is 0 Å². The summed E-state index contributed by atoms with van der Waals surface area (Å²) in [5, 5.41) is 18.9. The van der Waals surface area contributed by atoms with Gasteiger partial charge in [0.25, 0.3) is 0 Å². The highest BCUT2D eigenvalue weighted by molar-refractivity contribution is 6.31. The van der Waals surface area contributed by atoms with Gasteiger partial charge in [-0.05, 0) is 17.7 Å². The Morgan fingerprint density at radius 3 is 2.53 bits per heavy atom. The summed E-state index contributed by atoms with van der Waals surface area (Å²) in [5.41, 5.74) is 0.596. The summed E-state index contributed by atoms with van der Waals surface area (Å²) in [5.74, 6) is -1.64. The van der Waals surface area contributed by atoms with Crippen LogP contribution in [0.2, 0.25) is 5.02 Å². The molecule has 2 aromatic carbocycles. The van der Waals surface area contributed by atoms with Gasteiger partial charge in [0.15, 0.2) is 0 Å². The molecule has 0 aromatic heterocycles. The van der Waals surface area contributed by atoms with Gasteiger partial charge in [-0.15, -0.1) is 0 Å². The molecule has 0 spiro atoms. The summed E-state index contributed by atoms with van der Waals surface area (Å²) < 4.78 is 5.42. The number of aromatic hydroxyl groups is 1. The second kappa shape index (κ2) is 5.63. The van der Waals surface area contributed by atoms with Gasteiger partial charge in [-0.1, -0.05) is 41.9 Å². The molecule has 0 amide bonds. The standard InChI is InChI=1S/C14H11ClO4/c15-10-6-11(16)13(14(17)18)12(7-10)19-8-9-4-2-1-3-5-9/h1-7,16H,8H2,(H,17,18). The summed E-state index contributed by atoms with van der Waals surface area (Å²) in [7, 11) is 0. The van der Waals surface area contributed by atoms with Crippen LogP contribution in [0.5, 0.6) is 11.5 Å². The third kappa shape index (κ3) is 3.17. The van der Waals surface area contributed by atoms with E-state index in [0.717, 1.165) is 5.56 Å². The second-order valence-electron chi connectivity index (χ2n) is 3.88. The van der Waals surface area contributed by atoms with Gasteiger partial charge in [0.2, 0.25) is 0 Å². The molecule has 0 heterocycles. The average Bonchev–Trinajstić information content (AvgIpc) is 2.36. The summed E-state index contributed by atoms with van der Waals surface area (Å²) in [4.78, 5) is 11.1. The van der Waals surface area contributed by atoms with Crippen LogP contribution in [0, 0.1) is 0 Å². The monoisotopic (exact) mass is 278 g/mol. The molecular formula is C14H11ClO4. The molecule has 0 atom stereocenters. The molecule has 0 fully saturated rings. The minimum absolute atomic E-state index is 0.0429. The largest absolute Gasteiger partial charge is 0.507 e. The number of benzene rings is 2. The Balaban J connectivity index is 2.27. The molecule has 0 aliphatic rings. The normalized spacial score (nSPS) is 10.2. The van der Waals surface area contributed by atoms with Crippen molar-refractivity contribution >= 4 is 17.6 Å². The lowest BCUT2D eigenvalue weighted by Crippen LogP contribution is -2.04. The van der Waals surface area contributed by atoms with Gasteiger partial charge in [0.1, 0.15) is 23.7 Å². The lowest BCUT2D eigenvalue weighted by molar-refractivity contribution is 0.0688. The molecule has 0 bridgehead atoms. The van der Waals surface area contributed by atoms with Gasteiger partial charge in [0, 0.05) is 5.02 Å². The highest BCUT2D eigenvalue weighted by atomic mass is 35.5. The number of rotatable bonds is 4. The predicted molar refractivity (Wildman–Crippen MR) is 70.9 cm³/mol. The highest BCUT2D eigenvalue weighted by Gasteiger charge is 2.18. The summed E-state index contributed by atoms with van der Waals surface area (Å²) >= 11 is 5.78. The molecule has 5 heteroatoms. The number of hydrogen-bond acceptors (Lipinski definition) is 3. The third-order valence-corrected chi connectivity index (χ3v) is 2.72.